The van der Waals surface area contributed by atoms with Gasteiger partial charge in [-0.2, -0.15) is 13.2 Å². The Morgan fingerprint density at radius 3 is 2.39 bits per heavy atom. The Morgan fingerprint density at radius 1 is 1.29 bits per heavy atom. The Bertz CT molecular complexity index is 640. The number of hydrogen-bond acceptors (Lipinski definition) is 5. The van der Waals surface area contributed by atoms with Crippen LogP contribution >= 0.6 is 0 Å². The summed E-state index contributed by atoms with van der Waals surface area (Å²) >= 11 is 0. The third-order valence-corrected chi connectivity index (χ3v) is 5.21. The fourth-order valence-electron chi connectivity index (χ4n) is 3.55. The van der Waals surface area contributed by atoms with Crippen LogP contribution in [0.25, 0.3) is 0 Å². The summed E-state index contributed by atoms with van der Waals surface area (Å²) in [5.74, 6) is -2.41. The van der Waals surface area contributed by atoms with E-state index in [4.69, 9.17) is 19.1 Å². The fourth-order valence-corrected chi connectivity index (χ4v) is 3.55. The number of ether oxygens (including phenoxy) is 1. The maximum absolute atomic E-state index is 12.6. The van der Waals surface area contributed by atoms with E-state index in [9.17, 15) is 18.0 Å². The molecule has 0 bridgehead atoms. The SMILES string of the molecule is COCCN1CCC2(CCN(Cc3ccoc3)CC2)C1=O.O=C(O)C(F)(F)F. The van der Waals surface area contributed by atoms with E-state index < -0.39 is 12.1 Å². The molecular formula is C18H25F3N2O5. The number of nitrogens with zero attached hydrogens (tertiary/aromatic N) is 2. The van der Waals surface area contributed by atoms with Crippen molar-refractivity contribution in [3.63, 3.8) is 0 Å². The van der Waals surface area contributed by atoms with Gasteiger partial charge in [0.15, 0.2) is 0 Å². The van der Waals surface area contributed by atoms with Gasteiger partial charge in [-0.25, -0.2) is 4.79 Å². The number of hydrogen-bond donors (Lipinski definition) is 1. The normalized spacial score (nSPS) is 19.6. The molecule has 3 rings (SSSR count). The van der Waals surface area contributed by atoms with Crippen molar-refractivity contribution in [1.29, 1.82) is 0 Å². The van der Waals surface area contributed by atoms with E-state index in [0.29, 0.717) is 12.5 Å². The van der Waals surface area contributed by atoms with Crippen molar-refractivity contribution in [2.75, 3.05) is 39.9 Å². The molecule has 0 unspecified atom stereocenters. The summed E-state index contributed by atoms with van der Waals surface area (Å²) in [5.41, 5.74) is 1.12. The molecule has 2 aliphatic rings. The predicted molar refractivity (Wildman–Crippen MR) is 92.4 cm³/mol. The lowest BCUT2D eigenvalue weighted by molar-refractivity contribution is -0.192. The van der Waals surface area contributed by atoms with Crippen LogP contribution in [0.1, 0.15) is 24.8 Å². The minimum absolute atomic E-state index is 0.0966. The van der Waals surface area contributed by atoms with Crippen LogP contribution in [0.2, 0.25) is 0 Å². The second-order valence-electron chi connectivity index (χ2n) is 7.03. The lowest BCUT2D eigenvalue weighted by Crippen LogP contribution is -2.44. The van der Waals surface area contributed by atoms with E-state index in [1.807, 2.05) is 11.0 Å². The van der Waals surface area contributed by atoms with Gasteiger partial charge in [0.25, 0.3) is 0 Å². The summed E-state index contributed by atoms with van der Waals surface area (Å²) in [6.45, 7) is 5.17. The van der Waals surface area contributed by atoms with E-state index in [-0.39, 0.29) is 5.41 Å². The molecule has 1 aromatic rings. The molecule has 1 spiro atoms. The number of rotatable bonds is 5. The third-order valence-electron chi connectivity index (χ3n) is 5.21. The highest BCUT2D eigenvalue weighted by atomic mass is 19.4. The fraction of sp³-hybridized carbons (Fsp3) is 0.667. The molecule has 0 atom stereocenters. The number of methoxy groups -OCH3 is 1. The minimum atomic E-state index is -5.08. The predicted octanol–water partition coefficient (Wildman–Crippen LogP) is 2.37. The van der Waals surface area contributed by atoms with Crippen molar-refractivity contribution < 1.29 is 37.0 Å². The Labute approximate surface area is 161 Å². The number of aliphatic carboxylic acids is 1. The molecule has 0 radical (unpaired) electrons. The molecule has 0 aliphatic carbocycles. The first-order valence-corrected chi connectivity index (χ1v) is 9.00. The zero-order valence-electron chi connectivity index (χ0n) is 15.7. The van der Waals surface area contributed by atoms with Gasteiger partial charge in [0.05, 0.1) is 24.5 Å². The first-order chi connectivity index (χ1) is 13.2. The lowest BCUT2D eigenvalue weighted by atomic mass is 9.77. The molecule has 10 heteroatoms. The van der Waals surface area contributed by atoms with Crippen molar-refractivity contribution in [3.05, 3.63) is 24.2 Å². The lowest BCUT2D eigenvalue weighted by Gasteiger charge is -2.37. The molecule has 7 nitrogen and oxygen atoms in total. The van der Waals surface area contributed by atoms with Crippen molar-refractivity contribution in [3.8, 4) is 0 Å². The van der Waals surface area contributed by atoms with Crippen molar-refractivity contribution in [2.24, 2.45) is 5.41 Å². The first kappa shape index (κ1) is 22.2. The Kier molecular flexibility index (Phi) is 7.48. The van der Waals surface area contributed by atoms with Gasteiger partial charge in [-0.3, -0.25) is 9.69 Å². The third kappa shape index (κ3) is 5.71. The van der Waals surface area contributed by atoms with Gasteiger partial charge in [-0.15, -0.1) is 0 Å². The number of carbonyl (C=O) groups is 2. The van der Waals surface area contributed by atoms with Gasteiger partial charge < -0.3 is 19.2 Å². The van der Waals surface area contributed by atoms with E-state index in [0.717, 1.165) is 52.0 Å². The van der Waals surface area contributed by atoms with Gasteiger partial charge >= 0.3 is 12.1 Å². The van der Waals surface area contributed by atoms with Crippen LogP contribution in [0.3, 0.4) is 0 Å². The number of alkyl halides is 3. The molecule has 28 heavy (non-hydrogen) atoms. The van der Waals surface area contributed by atoms with Crippen molar-refractivity contribution in [2.45, 2.75) is 32.0 Å². The van der Waals surface area contributed by atoms with Crippen LogP contribution in [0.4, 0.5) is 13.2 Å². The Hall–Kier alpha value is -2.07. The summed E-state index contributed by atoms with van der Waals surface area (Å²) in [6.07, 6.45) is 1.40. The van der Waals surface area contributed by atoms with Crippen LogP contribution in [0.15, 0.2) is 23.0 Å². The molecule has 1 aromatic heterocycles. The highest BCUT2D eigenvalue weighted by Crippen LogP contribution is 2.41. The highest BCUT2D eigenvalue weighted by Gasteiger charge is 2.47. The maximum atomic E-state index is 12.6. The summed E-state index contributed by atoms with van der Waals surface area (Å²) < 4.78 is 41.9. The molecule has 158 valence electrons. The van der Waals surface area contributed by atoms with E-state index >= 15 is 0 Å². The van der Waals surface area contributed by atoms with Gasteiger partial charge in [-0.1, -0.05) is 0 Å². The summed E-state index contributed by atoms with van der Waals surface area (Å²) in [5, 5.41) is 7.12. The highest BCUT2D eigenvalue weighted by molar-refractivity contribution is 5.85. The number of piperidine rings is 1. The monoisotopic (exact) mass is 406 g/mol. The maximum Gasteiger partial charge on any atom is 0.490 e. The van der Waals surface area contributed by atoms with Crippen LogP contribution in [-0.2, 0) is 20.9 Å². The Balaban J connectivity index is 0.000000345. The van der Waals surface area contributed by atoms with E-state index in [2.05, 4.69) is 4.90 Å². The summed E-state index contributed by atoms with van der Waals surface area (Å²) in [7, 11) is 1.69. The molecule has 2 aliphatic heterocycles. The molecule has 2 saturated heterocycles. The van der Waals surface area contributed by atoms with Gasteiger partial charge in [-0.05, 0) is 38.4 Å². The second-order valence-corrected chi connectivity index (χ2v) is 7.03. The van der Waals surface area contributed by atoms with Gasteiger partial charge in [0.1, 0.15) is 0 Å². The summed E-state index contributed by atoms with van der Waals surface area (Å²) in [6, 6.07) is 2.01. The Morgan fingerprint density at radius 2 is 1.89 bits per heavy atom. The average molecular weight is 406 g/mol. The second kappa shape index (κ2) is 9.42. The summed E-state index contributed by atoms with van der Waals surface area (Å²) in [4.78, 5) is 25.9. The van der Waals surface area contributed by atoms with Crippen LogP contribution < -0.4 is 0 Å². The molecule has 1 N–H and O–H groups in total. The molecular weight excluding hydrogens is 381 g/mol. The number of furan rings is 1. The smallest absolute Gasteiger partial charge is 0.475 e. The van der Waals surface area contributed by atoms with Crippen LogP contribution in [0.5, 0.6) is 0 Å². The number of carboxylic acids is 1. The van der Waals surface area contributed by atoms with Crippen molar-refractivity contribution >= 4 is 11.9 Å². The first-order valence-electron chi connectivity index (χ1n) is 9.00. The largest absolute Gasteiger partial charge is 0.490 e. The molecule has 0 saturated carbocycles. The number of carboxylic acid groups (broad SMARTS) is 1. The zero-order valence-corrected chi connectivity index (χ0v) is 15.7. The molecule has 3 heterocycles. The van der Waals surface area contributed by atoms with Crippen LogP contribution in [0, 0.1) is 5.41 Å². The zero-order chi connectivity index (χ0) is 20.8. The quantitative estimate of drug-likeness (QED) is 0.809. The topological polar surface area (TPSA) is 83.2 Å². The minimum Gasteiger partial charge on any atom is -0.475 e. The van der Waals surface area contributed by atoms with Crippen molar-refractivity contribution in [1.82, 2.24) is 9.80 Å². The van der Waals surface area contributed by atoms with Crippen LogP contribution in [-0.4, -0.2) is 72.9 Å². The number of likely N-dealkylation sites (tertiary alicyclic amines) is 2. The number of carbonyl (C=O) groups excluding carboxylic acids is 1. The van der Waals surface area contributed by atoms with E-state index in [1.54, 1.807) is 19.6 Å². The van der Waals surface area contributed by atoms with Gasteiger partial charge in [0, 0.05) is 32.3 Å². The molecule has 2 fully saturated rings. The molecule has 1 amide bonds. The molecule has 0 aromatic carbocycles. The van der Waals surface area contributed by atoms with Gasteiger partial charge in [0.2, 0.25) is 5.91 Å². The number of amides is 1. The number of halogens is 3. The average Bonchev–Trinajstić information content (AvgIpc) is 3.25. The standard InChI is InChI=1S/C16H24N2O3.C2HF3O2/c1-20-11-9-18-8-5-16(15(18)19)3-6-17(7-4-16)12-14-2-10-21-13-14;3-2(4,5)1(6)7/h2,10,13H,3-9,11-12H2,1H3;(H,6,7). The van der Waals surface area contributed by atoms with E-state index in [1.165, 1.54) is 5.56 Å².